The summed E-state index contributed by atoms with van der Waals surface area (Å²) in [6.45, 7) is 3.74. The summed E-state index contributed by atoms with van der Waals surface area (Å²) >= 11 is 1.73. The fourth-order valence-corrected chi connectivity index (χ4v) is 5.49. The van der Waals surface area contributed by atoms with Crippen molar-refractivity contribution >= 4 is 27.2 Å². The summed E-state index contributed by atoms with van der Waals surface area (Å²) in [4.78, 5) is 9.57. The smallest absolute Gasteiger partial charge is 0.134 e. The van der Waals surface area contributed by atoms with Gasteiger partial charge in [0.25, 0.3) is 0 Å². The highest BCUT2D eigenvalue weighted by molar-refractivity contribution is 7.18. The van der Waals surface area contributed by atoms with Crippen molar-refractivity contribution < 1.29 is 9.84 Å². The van der Waals surface area contributed by atoms with Gasteiger partial charge in [-0.25, -0.2) is 4.98 Å². The summed E-state index contributed by atoms with van der Waals surface area (Å²) in [5.74, 6) is 0. The van der Waals surface area contributed by atoms with Gasteiger partial charge in [-0.05, 0) is 56.1 Å². The van der Waals surface area contributed by atoms with Crippen molar-refractivity contribution in [1.29, 1.82) is 0 Å². The number of ether oxygens (including phenoxy) is 1. The average Bonchev–Trinajstić information content (AvgIpc) is 3.39. The van der Waals surface area contributed by atoms with Crippen molar-refractivity contribution in [3.05, 3.63) is 59.1 Å². The van der Waals surface area contributed by atoms with E-state index in [9.17, 15) is 5.11 Å². The molecular formula is C24H29N3O2S. The number of hydrogen-bond acceptors (Lipinski definition) is 6. The molecule has 2 saturated heterocycles. The predicted octanol–water partition coefficient (Wildman–Crippen LogP) is 4.07. The number of para-hydroxylation sites is 1. The molecule has 1 N–H and O–H groups in total. The molecule has 158 valence electrons. The van der Waals surface area contributed by atoms with Crippen LogP contribution in [0.1, 0.15) is 35.9 Å². The van der Waals surface area contributed by atoms with E-state index in [4.69, 9.17) is 9.72 Å². The molecule has 0 bridgehead atoms. The van der Waals surface area contributed by atoms with E-state index in [0.29, 0.717) is 6.54 Å². The monoisotopic (exact) mass is 423 g/mol. The molecule has 2 aliphatic rings. The minimum Gasteiger partial charge on any atom is -0.391 e. The van der Waals surface area contributed by atoms with Gasteiger partial charge in [-0.3, -0.25) is 0 Å². The third-order valence-corrected chi connectivity index (χ3v) is 7.31. The summed E-state index contributed by atoms with van der Waals surface area (Å²) < 4.78 is 7.93. The molecule has 3 heterocycles. The van der Waals surface area contributed by atoms with Crippen LogP contribution in [0, 0.1) is 0 Å². The summed E-state index contributed by atoms with van der Waals surface area (Å²) in [5, 5.41) is 11.0. The Bertz CT molecular complexity index is 966. The first-order valence-electron chi connectivity index (χ1n) is 10.9. The lowest BCUT2D eigenvalue weighted by molar-refractivity contribution is -0.0234. The van der Waals surface area contributed by atoms with Crippen LogP contribution in [0.3, 0.4) is 0 Å². The molecule has 0 radical (unpaired) electrons. The first kappa shape index (κ1) is 19.9. The standard InChI is InChI=1S/C24H29N3O2S/c1-26-12-10-20(11-13-26)29-23(24-25-21-7-2-3-8-22(21)30-24)17-5-4-6-18(15-17)27-14-9-19(28)16-27/h2-8,15,19-20,23,28H,9-14,16H2,1H3. The lowest BCUT2D eigenvalue weighted by atomic mass is 10.1. The Hall–Kier alpha value is -1.99. The third-order valence-electron chi connectivity index (χ3n) is 6.23. The molecule has 2 unspecified atom stereocenters. The average molecular weight is 424 g/mol. The number of nitrogens with zero attached hydrogens (tertiary/aromatic N) is 3. The van der Waals surface area contributed by atoms with E-state index in [1.54, 1.807) is 11.3 Å². The Morgan fingerprint density at radius 1 is 1.07 bits per heavy atom. The molecule has 2 fully saturated rings. The van der Waals surface area contributed by atoms with Crippen molar-refractivity contribution in [1.82, 2.24) is 9.88 Å². The van der Waals surface area contributed by atoms with Crippen LogP contribution in [0.25, 0.3) is 10.2 Å². The van der Waals surface area contributed by atoms with Crippen LogP contribution >= 0.6 is 11.3 Å². The number of benzene rings is 2. The lowest BCUT2D eigenvalue weighted by Crippen LogP contribution is -2.35. The van der Waals surface area contributed by atoms with Crippen molar-refractivity contribution in [3.63, 3.8) is 0 Å². The molecule has 0 spiro atoms. The molecule has 6 heteroatoms. The van der Waals surface area contributed by atoms with Crippen molar-refractivity contribution in [2.75, 3.05) is 38.1 Å². The SMILES string of the molecule is CN1CCC(OC(c2cccc(N3CCC(O)C3)c2)c2nc3ccccc3s2)CC1. The van der Waals surface area contributed by atoms with E-state index >= 15 is 0 Å². The van der Waals surface area contributed by atoms with Crippen LogP contribution in [0.15, 0.2) is 48.5 Å². The topological polar surface area (TPSA) is 48.8 Å². The predicted molar refractivity (Wildman–Crippen MR) is 122 cm³/mol. The minimum absolute atomic E-state index is 0.164. The van der Waals surface area contributed by atoms with E-state index in [-0.39, 0.29) is 18.3 Å². The molecule has 2 aromatic carbocycles. The summed E-state index contributed by atoms with van der Waals surface area (Å²) in [6.07, 6.45) is 2.78. The van der Waals surface area contributed by atoms with Gasteiger partial charge in [-0.15, -0.1) is 11.3 Å². The molecule has 5 nitrogen and oxygen atoms in total. The second kappa shape index (κ2) is 8.63. The molecule has 2 aliphatic heterocycles. The molecule has 30 heavy (non-hydrogen) atoms. The summed E-state index contributed by atoms with van der Waals surface area (Å²) in [5.41, 5.74) is 3.34. The number of anilines is 1. The van der Waals surface area contributed by atoms with Gasteiger partial charge >= 0.3 is 0 Å². The first-order chi connectivity index (χ1) is 14.7. The van der Waals surface area contributed by atoms with Crippen molar-refractivity contribution in [2.45, 2.75) is 37.6 Å². The minimum atomic E-state index is -0.232. The van der Waals surface area contributed by atoms with Crippen LogP contribution in [-0.4, -0.2) is 60.4 Å². The molecular weight excluding hydrogens is 394 g/mol. The number of fused-ring (bicyclic) bond motifs is 1. The molecule has 5 rings (SSSR count). The van der Waals surface area contributed by atoms with Gasteiger partial charge in [0.2, 0.25) is 0 Å². The molecule has 0 saturated carbocycles. The summed E-state index contributed by atoms with van der Waals surface area (Å²) in [7, 11) is 2.18. The Labute approximate surface area is 181 Å². The van der Waals surface area contributed by atoms with E-state index in [0.717, 1.165) is 60.7 Å². The van der Waals surface area contributed by atoms with E-state index < -0.39 is 0 Å². The quantitative estimate of drug-likeness (QED) is 0.670. The zero-order valence-corrected chi connectivity index (χ0v) is 18.2. The number of aliphatic hydroxyl groups is 1. The van der Waals surface area contributed by atoms with Crippen molar-refractivity contribution in [2.24, 2.45) is 0 Å². The number of hydrogen-bond donors (Lipinski definition) is 1. The number of β-amino-alcohol motifs (C(OH)–C–C–N with tert-alkyl or cyclic N) is 1. The van der Waals surface area contributed by atoms with E-state index in [2.05, 4.69) is 59.3 Å². The number of aromatic nitrogens is 1. The Kier molecular flexibility index (Phi) is 5.74. The Balaban J connectivity index is 1.47. The second-order valence-electron chi connectivity index (χ2n) is 8.52. The lowest BCUT2D eigenvalue weighted by Gasteiger charge is -2.31. The van der Waals surface area contributed by atoms with E-state index in [1.165, 1.54) is 4.70 Å². The van der Waals surface area contributed by atoms with Gasteiger partial charge in [-0.1, -0.05) is 24.3 Å². The second-order valence-corrected chi connectivity index (χ2v) is 9.58. The highest BCUT2D eigenvalue weighted by Crippen LogP contribution is 2.36. The molecule has 0 amide bonds. The zero-order valence-electron chi connectivity index (χ0n) is 17.4. The fraction of sp³-hybridized carbons (Fsp3) is 0.458. The van der Waals surface area contributed by atoms with Crippen LogP contribution < -0.4 is 4.90 Å². The van der Waals surface area contributed by atoms with Crippen LogP contribution in [0.4, 0.5) is 5.69 Å². The number of rotatable bonds is 5. The number of aliphatic hydroxyl groups excluding tert-OH is 1. The Morgan fingerprint density at radius 2 is 1.90 bits per heavy atom. The van der Waals surface area contributed by atoms with Crippen molar-refractivity contribution in [3.8, 4) is 0 Å². The molecule has 3 aromatic rings. The van der Waals surface area contributed by atoms with Gasteiger partial charge in [0.15, 0.2) is 0 Å². The highest BCUT2D eigenvalue weighted by atomic mass is 32.1. The van der Waals surface area contributed by atoms with Gasteiger partial charge in [-0.2, -0.15) is 0 Å². The normalized spacial score (nSPS) is 22.1. The third kappa shape index (κ3) is 4.23. The van der Waals surface area contributed by atoms with Crippen LogP contribution in [-0.2, 0) is 4.74 Å². The first-order valence-corrected chi connectivity index (χ1v) is 11.7. The fourth-order valence-electron chi connectivity index (χ4n) is 4.46. The van der Waals surface area contributed by atoms with Gasteiger partial charge in [0, 0.05) is 31.9 Å². The van der Waals surface area contributed by atoms with Gasteiger partial charge in [0.1, 0.15) is 11.1 Å². The molecule has 1 aromatic heterocycles. The van der Waals surface area contributed by atoms with E-state index in [1.807, 2.05) is 6.07 Å². The van der Waals surface area contributed by atoms with Gasteiger partial charge < -0.3 is 19.6 Å². The van der Waals surface area contributed by atoms with Gasteiger partial charge in [0.05, 0.1) is 22.4 Å². The zero-order chi connectivity index (χ0) is 20.5. The largest absolute Gasteiger partial charge is 0.391 e. The maximum Gasteiger partial charge on any atom is 0.134 e. The Morgan fingerprint density at radius 3 is 2.67 bits per heavy atom. The summed E-state index contributed by atoms with van der Waals surface area (Å²) in [6, 6.07) is 16.9. The number of likely N-dealkylation sites (tertiary alicyclic amines) is 1. The maximum absolute atomic E-state index is 9.96. The molecule has 0 aliphatic carbocycles. The molecule has 2 atom stereocenters. The number of piperidine rings is 1. The van der Waals surface area contributed by atoms with Crippen LogP contribution in [0.2, 0.25) is 0 Å². The number of thiazole rings is 1. The van der Waals surface area contributed by atoms with Crippen LogP contribution in [0.5, 0.6) is 0 Å². The maximum atomic E-state index is 9.96. The highest BCUT2D eigenvalue weighted by Gasteiger charge is 2.27.